The number of H-pyrrole nitrogens is 1. The maximum atomic E-state index is 12.9. The lowest BCUT2D eigenvalue weighted by Gasteiger charge is -2.40. The minimum atomic E-state index is 0.289. The summed E-state index contributed by atoms with van der Waals surface area (Å²) in [5.74, 6) is 2.86. The summed E-state index contributed by atoms with van der Waals surface area (Å²) < 4.78 is 2.59. The van der Waals surface area contributed by atoms with E-state index >= 15 is 0 Å². The Labute approximate surface area is 156 Å². The van der Waals surface area contributed by atoms with E-state index in [1.165, 1.54) is 19.3 Å². The first-order chi connectivity index (χ1) is 11.7. The summed E-state index contributed by atoms with van der Waals surface area (Å²) in [6.07, 6.45) is 6.48. The lowest BCUT2D eigenvalue weighted by molar-refractivity contribution is -0.134. The van der Waals surface area contributed by atoms with Gasteiger partial charge in [-0.3, -0.25) is 9.89 Å². The van der Waals surface area contributed by atoms with E-state index in [1.54, 1.807) is 0 Å². The van der Waals surface area contributed by atoms with Crippen LogP contribution >= 0.6 is 12.2 Å². The van der Waals surface area contributed by atoms with Crippen LogP contribution in [0.1, 0.15) is 71.0 Å². The number of rotatable bonds is 3. The van der Waals surface area contributed by atoms with Crippen LogP contribution in [0.25, 0.3) is 0 Å². The molecule has 25 heavy (non-hydrogen) atoms. The lowest BCUT2D eigenvalue weighted by atomic mass is 9.67. The van der Waals surface area contributed by atoms with Gasteiger partial charge in [0.2, 0.25) is 5.91 Å². The van der Waals surface area contributed by atoms with Crippen molar-refractivity contribution in [2.24, 2.45) is 24.3 Å². The van der Waals surface area contributed by atoms with Crippen LogP contribution in [-0.4, -0.2) is 38.7 Å². The molecule has 1 aromatic rings. The minimum Gasteiger partial charge on any atom is -0.342 e. The Hall–Kier alpha value is -1.17. The lowest BCUT2D eigenvalue weighted by Crippen LogP contribution is -2.41. The standard InChI is InChI=1S/C19H32N4OS/c1-13-8-14(11-19(2,3)10-13)9-16(24)23-7-5-6-15(12-23)17-20-21-18(25)22(17)4/h13-15H,5-12H2,1-4H3,(H,21,25)/t13-,14-,15+/m1/s1. The van der Waals surface area contributed by atoms with Crippen molar-refractivity contribution in [2.45, 2.75) is 65.2 Å². The van der Waals surface area contributed by atoms with Gasteiger partial charge in [0.1, 0.15) is 5.82 Å². The smallest absolute Gasteiger partial charge is 0.222 e. The van der Waals surface area contributed by atoms with E-state index in [0.29, 0.717) is 28.4 Å². The monoisotopic (exact) mass is 364 g/mol. The van der Waals surface area contributed by atoms with E-state index in [1.807, 2.05) is 11.6 Å². The van der Waals surface area contributed by atoms with Crippen LogP contribution in [0.15, 0.2) is 0 Å². The molecule has 5 nitrogen and oxygen atoms in total. The third-order valence-electron chi connectivity index (χ3n) is 5.99. The van der Waals surface area contributed by atoms with E-state index in [0.717, 1.165) is 37.7 Å². The summed E-state index contributed by atoms with van der Waals surface area (Å²) in [6, 6.07) is 0. The van der Waals surface area contributed by atoms with E-state index in [-0.39, 0.29) is 5.92 Å². The van der Waals surface area contributed by atoms with Gasteiger partial charge < -0.3 is 9.47 Å². The number of likely N-dealkylation sites (tertiary alicyclic amines) is 1. The van der Waals surface area contributed by atoms with E-state index in [4.69, 9.17) is 12.2 Å². The highest BCUT2D eigenvalue weighted by molar-refractivity contribution is 7.71. The van der Waals surface area contributed by atoms with Crippen molar-refractivity contribution in [2.75, 3.05) is 13.1 Å². The third kappa shape index (κ3) is 4.33. The van der Waals surface area contributed by atoms with Crippen molar-refractivity contribution in [3.8, 4) is 0 Å². The second kappa shape index (κ2) is 7.22. The van der Waals surface area contributed by atoms with E-state index in [2.05, 4.69) is 35.9 Å². The Morgan fingerprint density at radius 2 is 2.16 bits per heavy atom. The first-order valence-electron chi connectivity index (χ1n) is 9.64. The van der Waals surface area contributed by atoms with Crippen molar-refractivity contribution in [3.05, 3.63) is 10.6 Å². The Kier molecular flexibility index (Phi) is 5.37. The van der Waals surface area contributed by atoms with E-state index in [9.17, 15) is 4.79 Å². The predicted octanol–water partition coefficient (Wildman–Crippen LogP) is 4.04. The van der Waals surface area contributed by atoms with Gasteiger partial charge in [-0.2, -0.15) is 5.10 Å². The molecule has 1 aliphatic carbocycles. The van der Waals surface area contributed by atoms with Crippen molar-refractivity contribution >= 4 is 18.1 Å². The molecule has 0 radical (unpaired) electrons. The summed E-state index contributed by atoms with van der Waals surface area (Å²) in [4.78, 5) is 15.0. The normalized spacial score (nSPS) is 29.6. The van der Waals surface area contributed by atoms with Crippen molar-refractivity contribution in [1.82, 2.24) is 19.7 Å². The number of hydrogen-bond donors (Lipinski definition) is 1. The molecular weight excluding hydrogens is 332 g/mol. The zero-order valence-electron chi connectivity index (χ0n) is 16.0. The largest absolute Gasteiger partial charge is 0.342 e. The third-order valence-corrected chi connectivity index (χ3v) is 6.36. The topological polar surface area (TPSA) is 53.9 Å². The highest BCUT2D eigenvalue weighted by Crippen LogP contribution is 2.43. The van der Waals surface area contributed by atoms with Gasteiger partial charge in [0.25, 0.3) is 0 Å². The number of aromatic nitrogens is 3. The molecular formula is C19H32N4OS. The molecule has 2 aliphatic rings. The Balaban J connectivity index is 1.62. The van der Waals surface area contributed by atoms with Gasteiger partial charge >= 0.3 is 0 Å². The first-order valence-corrected chi connectivity index (χ1v) is 10.0. The maximum absolute atomic E-state index is 12.9. The van der Waals surface area contributed by atoms with Crippen LogP contribution in [0.4, 0.5) is 0 Å². The summed E-state index contributed by atoms with van der Waals surface area (Å²) in [5, 5.41) is 7.26. The second-order valence-corrected chi connectivity index (χ2v) is 9.50. The van der Waals surface area contributed by atoms with Crippen LogP contribution in [-0.2, 0) is 11.8 Å². The molecule has 3 atom stereocenters. The van der Waals surface area contributed by atoms with Crippen molar-refractivity contribution in [1.29, 1.82) is 0 Å². The Morgan fingerprint density at radius 1 is 1.40 bits per heavy atom. The van der Waals surface area contributed by atoms with Crippen molar-refractivity contribution in [3.63, 3.8) is 0 Å². The molecule has 140 valence electrons. The molecule has 0 bridgehead atoms. The summed E-state index contributed by atoms with van der Waals surface area (Å²) in [6.45, 7) is 8.69. The van der Waals surface area contributed by atoms with Gasteiger partial charge in [-0.05, 0) is 61.6 Å². The Bertz CT molecular complexity index is 677. The predicted molar refractivity (Wildman–Crippen MR) is 102 cm³/mol. The van der Waals surface area contributed by atoms with Crippen LogP contribution < -0.4 is 0 Å². The molecule has 0 unspecified atom stereocenters. The van der Waals surface area contributed by atoms with E-state index < -0.39 is 0 Å². The number of hydrogen-bond acceptors (Lipinski definition) is 3. The molecule has 1 saturated heterocycles. The molecule has 1 saturated carbocycles. The fourth-order valence-electron chi connectivity index (χ4n) is 5.21. The second-order valence-electron chi connectivity index (χ2n) is 9.11. The highest BCUT2D eigenvalue weighted by atomic mass is 32.1. The molecule has 0 aromatic carbocycles. The molecule has 6 heteroatoms. The first kappa shape index (κ1) is 18.6. The molecule has 1 N–H and O–H groups in total. The molecule has 2 fully saturated rings. The van der Waals surface area contributed by atoms with Crippen LogP contribution in [0.3, 0.4) is 0 Å². The number of carbonyl (C=O) groups is 1. The number of amides is 1. The molecule has 1 aliphatic heterocycles. The fraction of sp³-hybridized carbons (Fsp3) is 0.842. The SMILES string of the molecule is C[C@@H]1C[C@H](CC(=O)N2CCC[C@H](c3n[nH]c(=S)n3C)C2)CC(C)(C)C1. The van der Waals surface area contributed by atoms with Crippen LogP contribution in [0.5, 0.6) is 0 Å². The maximum Gasteiger partial charge on any atom is 0.222 e. The molecule has 3 rings (SSSR count). The van der Waals surface area contributed by atoms with Gasteiger partial charge in [0.05, 0.1) is 0 Å². The molecule has 1 amide bonds. The van der Waals surface area contributed by atoms with Crippen molar-refractivity contribution < 1.29 is 4.79 Å². The molecule has 1 aromatic heterocycles. The number of piperidine rings is 1. The van der Waals surface area contributed by atoms with Gasteiger partial charge in [0.15, 0.2) is 4.77 Å². The number of carbonyl (C=O) groups excluding carboxylic acids is 1. The molecule has 0 spiro atoms. The van der Waals surface area contributed by atoms with Gasteiger partial charge in [0, 0.05) is 32.5 Å². The fourth-order valence-corrected chi connectivity index (χ4v) is 5.35. The highest BCUT2D eigenvalue weighted by Gasteiger charge is 2.35. The van der Waals surface area contributed by atoms with Gasteiger partial charge in [-0.1, -0.05) is 20.8 Å². The van der Waals surface area contributed by atoms with Gasteiger partial charge in [-0.25, -0.2) is 0 Å². The summed E-state index contributed by atoms with van der Waals surface area (Å²) >= 11 is 5.23. The summed E-state index contributed by atoms with van der Waals surface area (Å²) in [7, 11) is 1.95. The minimum absolute atomic E-state index is 0.289. The van der Waals surface area contributed by atoms with Crippen LogP contribution in [0, 0.1) is 22.0 Å². The average molecular weight is 365 g/mol. The quantitative estimate of drug-likeness (QED) is 0.824. The zero-order valence-corrected chi connectivity index (χ0v) is 16.9. The molecule has 2 heterocycles. The van der Waals surface area contributed by atoms with Gasteiger partial charge in [-0.15, -0.1) is 0 Å². The number of nitrogens with zero attached hydrogens (tertiary/aromatic N) is 3. The average Bonchev–Trinajstić information content (AvgIpc) is 2.85. The number of nitrogens with one attached hydrogen (secondary N) is 1. The van der Waals surface area contributed by atoms with Crippen LogP contribution in [0.2, 0.25) is 0 Å². The summed E-state index contributed by atoms with van der Waals surface area (Å²) in [5.41, 5.74) is 0.371. The zero-order chi connectivity index (χ0) is 18.2. The number of aromatic amines is 1. The Morgan fingerprint density at radius 3 is 2.80 bits per heavy atom.